The lowest BCUT2D eigenvalue weighted by Gasteiger charge is -2.08. The highest BCUT2D eigenvalue weighted by molar-refractivity contribution is 9.12. The van der Waals surface area contributed by atoms with E-state index in [2.05, 4.69) is 31.9 Å². The minimum atomic E-state index is -0.0757. The lowest BCUT2D eigenvalue weighted by Crippen LogP contribution is -2.11. The van der Waals surface area contributed by atoms with Crippen molar-refractivity contribution in [1.82, 2.24) is 0 Å². The van der Waals surface area contributed by atoms with E-state index in [1.165, 1.54) is 11.3 Å². The van der Waals surface area contributed by atoms with Crippen LogP contribution in [0.3, 0.4) is 0 Å². The number of thiophene rings is 1. The van der Waals surface area contributed by atoms with Gasteiger partial charge in [-0.15, -0.1) is 11.3 Å². The molecule has 6 heteroatoms. The Bertz CT molecular complexity index is 625. The average Bonchev–Trinajstić information content (AvgIpc) is 2.69. The number of carbonyl (C=O) groups excluding carboxylic acids is 1. The van der Waals surface area contributed by atoms with E-state index in [1.54, 1.807) is 18.2 Å². The van der Waals surface area contributed by atoms with Crippen molar-refractivity contribution in [3.8, 4) is 5.75 Å². The Morgan fingerprint density at radius 1 is 1.37 bits per heavy atom. The fourth-order valence-corrected chi connectivity index (χ4v) is 4.50. The summed E-state index contributed by atoms with van der Waals surface area (Å²) in [6, 6.07) is 7.14. The van der Waals surface area contributed by atoms with Gasteiger partial charge in [-0.1, -0.05) is 17.7 Å². The van der Waals surface area contributed by atoms with Crippen molar-refractivity contribution in [2.24, 2.45) is 0 Å². The molecule has 1 aromatic carbocycles. The molecule has 0 aliphatic heterocycles. The Balaban J connectivity index is 2.08. The molecule has 0 saturated carbocycles. The van der Waals surface area contributed by atoms with Crippen LogP contribution in [0.4, 0.5) is 0 Å². The molecule has 0 amide bonds. The molecule has 0 radical (unpaired) electrons. The zero-order valence-corrected chi connectivity index (χ0v) is 14.6. The number of aryl methyl sites for hydroxylation is 1. The molecule has 2 aromatic rings. The van der Waals surface area contributed by atoms with Crippen LogP contribution >= 0.6 is 54.8 Å². The van der Waals surface area contributed by atoms with Gasteiger partial charge in [0.15, 0.2) is 6.61 Å². The SMILES string of the molecule is Cc1ccc(Cl)cc1OCC(=O)c1cc(Br)sc1Br. The maximum atomic E-state index is 12.0. The Hall–Kier alpha value is -0.360. The number of halogens is 3. The van der Waals surface area contributed by atoms with Crippen molar-refractivity contribution in [3.05, 3.63) is 48.0 Å². The molecule has 0 N–H and O–H groups in total. The second-order valence-electron chi connectivity index (χ2n) is 3.86. The molecule has 0 aliphatic rings. The van der Waals surface area contributed by atoms with Crippen LogP contribution in [-0.2, 0) is 0 Å². The maximum Gasteiger partial charge on any atom is 0.202 e. The highest BCUT2D eigenvalue weighted by Gasteiger charge is 2.14. The number of hydrogen-bond acceptors (Lipinski definition) is 3. The molecular weight excluding hydrogens is 415 g/mol. The van der Waals surface area contributed by atoms with Gasteiger partial charge >= 0.3 is 0 Å². The van der Waals surface area contributed by atoms with Gasteiger partial charge in [0, 0.05) is 10.6 Å². The van der Waals surface area contributed by atoms with E-state index in [4.69, 9.17) is 16.3 Å². The van der Waals surface area contributed by atoms with E-state index in [0.29, 0.717) is 16.3 Å². The third-order valence-electron chi connectivity index (χ3n) is 2.47. The molecule has 0 unspecified atom stereocenters. The van der Waals surface area contributed by atoms with Crippen LogP contribution in [0.15, 0.2) is 31.8 Å². The van der Waals surface area contributed by atoms with E-state index in [1.807, 2.05) is 13.0 Å². The molecule has 2 rings (SSSR count). The van der Waals surface area contributed by atoms with E-state index >= 15 is 0 Å². The number of hydrogen-bond donors (Lipinski definition) is 0. The van der Waals surface area contributed by atoms with Gasteiger partial charge in [0.25, 0.3) is 0 Å². The van der Waals surface area contributed by atoms with Crippen LogP contribution in [0.2, 0.25) is 5.02 Å². The quantitative estimate of drug-likeness (QED) is 0.606. The molecule has 1 aromatic heterocycles. The van der Waals surface area contributed by atoms with Gasteiger partial charge in [0.2, 0.25) is 5.78 Å². The summed E-state index contributed by atoms with van der Waals surface area (Å²) in [5.74, 6) is 0.555. The molecule has 100 valence electrons. The molecule has 0 spiro atoms. The van der Waals surface area contributed by atoms with E-state index < -0.39 is 0 Å². The van der Waals surface area contributed by atoms with Crippen molar-refractivity contribution in [3.63, 3.8) is 0 Å². The predicted octanol–water partition coefficient (Wildman–Crippen LogP) is 5.50. The Labute approximate surface area is 137 Å². The number of carbonyl (C=O) groups is 1. The number of rotatable bonds is 4. The summed E-state index contributed by atoms with van der Waals surface area (Å²) in [4.78, 5) is 12.0. The van der Waals surface area contributed by atoms with Crippen LogP contribution < -0.4 is 4.74 Å². The smallest absolute Gasteiger partial charge is 0.202 e. The van der Waals surface area contributed by atoms with Crippen LogP contribution in [0.25, 0.3) is 0 Å². The zero-order valence-electron chi connectivity index (χ0n) is 9.88. The van der Waals surface area contributed by atoms with E-state index in [-0.39, 0.29) is 12.4 Å². The van der Waals surface area contributed by atoms with Crippen molar-refractivity contribution < 1.29 is 9.53 Å². The van der Waals surface area contributed by atoms with Gasteiger partial charge in [-0.05, 0) is 62.5 Å². The molecule has 0 aliphatic carbocycles. The molecule has 2 nitrogen and oxygen atoms in total. The summed E-state index contributed by atoms with van der Waals surface area (Å²) >= 11 is 14.1. The maximum absolute atomic E-state index is 12.0. The topological polar surface area (TPSA) is 26.3 Å². The van der Waals surface area contributed by atoms with Gasteiger partial charge in [-0.3, -0.25) is 4.79 Å². The molecule has 0 atom stereocenters. The Morgan fingerprint density at radius 3 is 2.74 bits per heavy atom. The van der Waals surface area contributed by atoms with E-state index in [0.717, 1.165) is 13.1 Å². The van der Waals surface area contributed by atoms with E-state index in [9.17, 15) is 4.79 Å². The Morgan fingerprint density at radius 2 is 2.11 bits per heavy atom. The molecular formula is C13H9Br2ClO2S. The summed E-state index contributed by atoms with van der Waals surface area (Å²) in [5.41, 5.74) is 1.57. The van der Waals surface area contributed by atoms with Crippen molar-refractivity contribution in [2.75, 3.05) is 6.61 Å². The first kappa shape index (κ1) is 15.0. The van der Waals surface area contributed by atoms with Crippen LogP contribution in [0.5, 0.6) is 5.75 Å². The monoisotopic (exact) mass is 422 g/mol. The largest absolute Gasteiger partial charge is 0.485 e. The third kappa shape index (κ3) is 3.81. The van der Waals surface area contributed by atoms with Gasteiger partial charge in [0.1, 0.15) is 5.75 Å². The summed E-state index contributed by atoms with van der Waals surface area (Å²) in [5, 5.41) is 0.590. The zero-order chi connectivity index (χ0) is 14.0. The molecule has 0 fully saturated rings. The summed E-state index contributed by atoms with van der Waals surface area (Å²) in [6.07, 6.45) is 0. The lowest BCUT2D eigenvalue weighted by atomic mass is 10.2. The fourth-order valence-electron chi connectivity index (χ4n) is 1.48. The molecule has 0 saturated heterocycles. The van der Waals surface area contributed by atoms with Crippen LogP contribution in [0.1, 0.15) is 15.9 Å². The van der Waals surface area contributed by atoms with Crippen molar-refractivity contribution >= 4 is 60.6 Å². The van der Waals surface area contributed by atoms with Gasteiger partial charge in [0.05, 0.1) is 7.57 Å². The first-order valence-electron chi connectivity index (χ1n) is 5.34. The summed E-state index contributed by atoms with van der Waals surface area (Å²) < 4.78 is 7.24. The normalized spacial score (nSPS) is 10.5. The highest BCUT2D eigenvalue weighted by Crippen LogP contribution is 2.32. The number of Topliss-reactive ketones (excluding diaryl/α,β-unsaturated/α-hetero) is 1. The Kier molecular flexibility index (Phi) is 5.06. The van der Waals surface area contributed by atoms with Gasteiger partial charge in [-0.2, -0.15) is 0 Å². The van der Waals surface area contributed by atoms with Crippen molar-refractivity contribution in [1.29, 1.82) is 0 Å². The first-order valence-corrected chi connectivity index (χ1v) is 8.12. The fraction of sp³-hybridized carbons (Fsp3) is 0.154. The summed E-state index contributed by atoms with van der Waals surface area (Å²) in [7, 11) is 0. The second kappa shape index (κ2) is 6.39. The standard InChI is InChI=1S/C13H9Br2ClO2S/c1-7-2-3-8(16)4-11(7)18-6-10(17)9-5-12(14)19-13(9)15/h2-5H,6H2,1H3. The third-order valence-corrected chi connectivity index (χ3v) is 5.04. The second-order valence-corrected chi connectivity index (χ2v) is 8.05. The summed E-state index contributed by atoms with van der Waals surface area (Å²) in [6.45, 7) is 1.90. The highest BCUT2D eigenvalue weighted by atomic mass is 79.9. The first-order chi connectivity index (χ1) is 8.97. The minimum absolute atomic E-state index is 0.0110. The van der Waals surface area contributed by atoms with Crippen LogP contribution in [0, 0.1) is 6.92 Å². The number of ketones is 1. The van der Waals surface area contributed by atoms with Crippen LogP contribution in [-0.4, -0.2) is 12.4 Å². The minimum Gasteiger partial charge on any atom is -0.485 e. The molecule has 0 bridgehead atoms. The van der Waals surface area contributed by atoms with Crippen molar-refractivity contribution in [2.45, 2.75) is 6.92 Å². The average molecular weight is 425 g/mol. The predicted molar refractivity (Wildman–Crippen MR) is 85.7 cm³/mol. The van der Waals surface area contributed by atoms with Gasteiger partial charge in [-0.25, -0.2) is 0 Å². The lowest BCUT2D eigenvalue weighted by molar-refractivity contribution is 0.0921. The number of benzene rings is 1. The molecule has 19 heavy (non-hydrogen) atoms. The number of ether oxygens (including phenoxy) is 1. The molecule has 1 heterocycles. The van der Waals surface area contributed by atoms with Gasteiger partial charge < -0.3 is 4.74 Å².